The van der Waals surface area contributed by atoms with Crippen LogP contribution in [0.15, 0.2) is 30.3 Å². The molecule has 1 aromatic rings. The predicted molar refractivity (Wildman–Crippen MR) is 59.4 cm³/mol. The van der Waals surface area contributed by atoms with Gasteiger partial charge in [0.1, 0.15) is 0 Å². The van der Waals surface area contributed by atoms with Crippen LogP contribution in [0.3, 0.4) is 0 Å². The third kappa shape index (κ3) is 2.05. The molecule has 0 saturated heterocycles. The monoisotopic (exact) mass is 196 g/mol. The van der Waals surface area contributed by atoms with Crippen molar-refractivity contribution in [3.63, 3.8) is 0 Å². The second kappa shape index (κ2) is 4.15. The number of hydrogen-bond donors (Lipinski definition) is 0. The van der Waals surface area contributed by atoms with Gasteiger partial charge in [-0.05, 0) is 11.5 Å². The van der Waals surface area contributed by atoms with Crippen LogP contribution in [0.25, 0.3) is 0 Å². The molecule has 13 heavy (non-hydrogen) atoms. The SMILES string of the molecule is CC(C)C(C)(CCl)c1ccccc1. The van der Waals surface area contributed by atoms with E-state index in [2.05, 4.69) is 45.0 Å². The van der Waals surface area contributed by atoms with E-state index in [1.54, 1.807) is 0 Å². The Bertz CT molecular complexity index is 253. The molecule has 0 heterocycles. The lowest BCUT2D eigenvalue weighted by Crippen LogP contribution is -2.30. The highest BCUT2D eigenvalue weighted by molar-refractivity contribution is 6.18. The van der Waals surface area contributed by atoms with E-state index in [1.807, 2.05) is 6.07 Å². The standard InChI is InChI=1S/C12H17Cl/c1-10(2)12(3,9-13)11-7-5-4-6-8-11/h4-8,10H,9H2,1-3H3. The van der Waals surface area contributed by atoms with Crippen molar-refractivity contribution < 1.29 is 0 Å². The van der Waals surface area contributed by atoms with Crippen molar-refractivity contribution in [1.82, 2.24) is 0 Å². The zero-order chi connectivity index (χ0) is 9.90. The molecule has 0 N–H and O–H groups in total. The lowest BCUT2D eigenvalue weighted by Gasteiger charge is -2.32. The molecule has 0 aliphatic rings. The molecule has 0 radical (unpaired) electrons. The number of benzene rings is 1. The Kier molecular flexibility index (Phi) is 3.38. The maximum Gasteiger partial charge on any atom is 0.0320 e. The Morgan fingerprint density at radius 2 is 1.77 bits per heavy atom. The van der Waals surface area contributed by atoms with Crippen molar-refractivity contribution in [3.8, 4) is 0 Å². The van der Waals surface area contributed by atoms with E-state index in [-0.39, 0.29) is 5.41 Å². The Hall–Kier alpha value is -0.490. The van der Waals surface area contributed by atoms with E-state index >= 15 is 0 Å². The molecule has 1 rings (SSSR count). The molecule has 0 saturated carbocycles. The molecule has 0 aromatic heterocycles. The highest BCUT2D eigenvalue weighted by Crippen LogP contribution is 2.32. The smallest absolute Gasteiger partial charge is 0.0320 e. The van der Waals surface area contributed by atoms with Crippen LogP contribution >= 0.6 is 11.6 Å². The predicted octanol–water partition coefficient (Wildman–Crippen LogP) is 3.84. The molecule has 72 valence electrons. The molecule has 0 fully saturated rings. The van der Waals surface area contributed by atoms with Gasteiger partial charge in [0.2, 0.25) is 0 Å². The normalized spacial score (nSPS) is 15.8. The minimum atomic E-state index is 0.100. The van der Waals surface area contributed by atoms with Crippen molar-refractivity contribution in [2.24, 2.45) is 5.92 Å². The summed E-state index contributed by atoms with van der Waals surface area (Å²) < 4.78 is 0. The highest BCUT2D eigenvalue weighted by Gasteiger charge is 2.28. The molecule has 1 atom stereocenters. The van der Waals surface area contributed by atoms with Crippen LogP contribution in [0, 0.1) is 5.92 Å². The molecule has 1 heteroatoms. The number of alkyl halides is 1. The van der Waals surface area contributed by atoms with Gasteiger partial charge in [0.15, 0.2) is 0 Å². The number of rotatable bonds is 3. The van der Waals surface area contributed by atoms with Crippen molar-refractivity contribution in [3.05, 3.63) is 35.9 Å². The van der Waals surface area contributed by atoms with Crippen LogP contribution in [0.2, 0.25) is 0 Å². The van der Waals surface area contributed by atoms with Gasteiger partial charge >= 0.3 is 0 Å². The Morgan fingerprint density at radius 1 is 1.23 bits per heavy atom. The number of halogens is 1. The topological polar surface area (TPSA) is 0 Å². The Morgan fingerprint density at radius 3 is 2.15 bits per heavy atom. The van der Waals surface area contributed by atoms with Gasteiger partial charge < -0.3 is 0 Å². The Balaban J connectivity index is 3.03. The number of hydrogen-bond acceptors (Lipinski definition) is 0. The fraction of sp³-hybridized carbons (Fsp3) is 0.500. The zero-order valence-electron chi connectivity index (χ0n) is 8.55. The third-order valence-electron chi connectivity index (χ3n) is 2.99. The van der Waals surface area contributed by atoms with Crippen LogP contribution in [-0.4, -0.2) is 5.88 Å². The molecule has 1 unspecified atom stereocenters. The third-order valence-corrected chi connectivity index (χ3v) is 3.54. The minimum Gasteiger partial charge on any atom is -0.126 e. The van der Waals surface area contributed by atoms with Gasteiger partial charge in [-0.2, -0.15) is 0 Å². The van der Waals surface area contributed by atoms with E-state index in [0.29, 0.717) is 11.8 Å². The van der Waals surface area contributed by atoms with E-state index in [4.69, 9.17) is 11.6 Å². The quantitative estimate of drug-likeness (QED) is 0.645. The first kappa shape index (κ1) is 10.6. The molecule has 0 spiro atoms. The molecular formula is C12H17Cl. The van der Waals surface area contributed by atoms with Gasteiger partial charge in [-0.3, -0.25) is 0 Å². The summed E-state index contributed by atoms with van der Waals surface area (Å²) in [4.78, 5) is 0. The van der Waals surface area contributed by atoms with Crippen molar-refractivity contribution in [1.29, 1.82) is 0 Å². The average molecular weight is 197 g/mol. The summed E-state index contributed by atoms with van der Waals surface area (Å²) in [7, 11) is 0. The van der Waals surface area contributed by atoms with Gasteiger partial charge in [0, 0.05) is 11.3 Å². The van der Waals surface area contributed by atoms with Crippen LogP contribution in [0.4, 0.5) is 0 Å². The van der Waals surface area contributed by atoms with Gasteiger partial charge in [0.25, 0.3) is 0 Å². The van der Waals surface area contributed by atoms with Crippen molar-refractivity contribution in [2.45, 2.75) is 26.2 Å². The second-order valence-electron chi connectivity index (χ2n) is 4.07. The van der Waals surface area contributed by atoms with Crippen LogP contribution in [0.1, 0.15) is 26.3 Å². The summed E-state index contributed by atoms with van der Waals surface area (Å²) in [5.74, 6) is 1.24. The maximum atomic E-state index is 6.04. The van der Waals surface area contributed by atoms with E-state index in [0.717, 1.165) is 0 Å². The first-order valence-corrected chi connectivity index (χ1v) is 5.26. The summed E-state index contributed by atoms with van der Waals surface area (Å²) >= 11 is 6.04. The van der Waals surface area contributed by atoms with Gasteiger partial charge in [-0.25, -0.2) is 0 Å². The summed E-state index contributed by atoms with van der Waals surface area (Å²) in [5, 5.41) is 0. The Labute approximate surface area is 85.9 Å². The summed E-state index contributed by atoms with van der Waals surface area (Å²) in [6.07, 6.45) is 0. The van der Waals surface area contributed by atoms with Gasteiger partial charge in [-0.1, -0.05) is 51.1 Å². The molecule has 1 aromatic carbocycles. The van der Waals surface area contributed by atoms with E-state index < -0.39 is 0 Å². The van der Waals surface area contributed by atoms with Crippen LogP contribution in [-0.2, 0) is 5.41 Å². The van der Waals surface area contributed by atoms with E-state index in [9.17, 15) is 0 Å². The van der Waals surface area contributed by atoms with Crippen molar-refractivity contribution in [2.75, 3.05) is 5.88 Å². The van der Waals surface area contributed by atoms with Crippen molar-refractivity contribution >= 4 is 11.6 Å². The maximum absolute atomic E-state index is 6.04. The van der Waals surface area contributed by atoms with Gasteiger partial charge in [-0.15, -0.1) is 11.6 Å². The molecular weight excluding hydrogens is 180 g/mol. The molecule has 0 bridgehead atoms. The molecule has 0 nitrogen and oxygen atoms in total. The summed E-state index contributed by atoms with van der Waals surface area (Å²) in [6.45, 7) is 6.66. The summed E-state index contributed by atoms with van der Waals surface area (Å²) in [5.41, 5.74) is 1.43. The lowest BCUT2D eigenvalue weighted by atomic mass is 9.75. The van der Waals surface area contributed by atoms with Crippen LogP contribution in [0.5, 0.6) is 0 Å². The zero-order valence-corrected chi connectivity index (χ0v) is 9.31. The molecule has 0 amide bonds. The molecule has 0 aliphatic carbocycles. The first-order chi connectivity index (χ1) is 6.11. The fourth-order valence-corrected chi connectivity index (χ4v) is 1.85. The largest absolute Gasteiger partial charge is 0.126 e. The van der Waals surface area contributed by atoms with E-state index in [1.165, 1.54) is 5.56 Å². The average Bonchev–Trinajstić information content (AvgIpc) is 2.17. The van der Waals surface area contributed by atoms with Gasteiger partial charge in [0.05, 0.1) is 0 Å². The van der Waals surface area contributed by atoms with Crippen LogP contribution < -0.4 is 0 Å². The molecule has 0 aliphatic heterocycles. The minimum absolute atomic E-state index is 0.100. The lowest BCUT2D eigenvalue weighted by molar-refractivity contribution is 0.377. The summed E-state index contributed by atoms with van der Waals surface area (Å²) in [6, 6.07) is 10.5. The second-order valence-corrected chi connectivity index (χ2v) is 4.34. The first-order valence-electron chi connectivity index (χ1n) is 4.72. The fourth-order valence-electron chi connectivity index (χ4n) is 1.38. The highest BCUT2D eigenvalue weighted by atomic mass is 35.5.